The van der Waals surface area contributed by atoms with Crippen molar-refractivity contribution in [1.29, 1.82) is 0 Å². The van der Waals surface area contributed by atoms with Gasteiger partial charge >= 0.3 is 0 Å². The van der Waals surface area contributed by atoms with Crippen LogP contribution in [0.15, 0.2) is 0 Å². The molecule has 0 aromatic heterocycles. The SMILES string of the molecule is CCC(N)CCC(C)NC(CC)CCC(C)N. The summed E-state index contributed by atoms with van der Waals surface area (Å²) >= 11 is 0. The number of hydrogen-bond acceptors (Lipinski definition) is 3. The molecule has 4 atom stereocenters. The Morgan fingerprint density at radius 2 is 1.53 bits per heavy atom. The Morgan fingerprint density at radius 1 is 0.882 bits per heavy atom. The van der Waals surface area contributed by atoms with Gasteiger partial charge < -0.3 is 16.8 Å². The van der Waals surface area contributed by atoms with E-state index >= 15 is 0 Å². The van der Waals surface area contributed by atoms with E-state index in [1.54, 1.807) is 0 Å². The van der Waals surface area contributed by atoms with Gasteiger partial charge in [-0.2, -0.15) is 0 Å². The Balaban J connectivity index is 3.77. The van der Waals surface area contributed by atoms with Crippen LogP contribution >= 0.6 is 0 Å². The lowest BCUT2D eigenvalue weighted by Crippen LogP contribution is -2.38. The third-order valence-electron chi connectivity index (χ3n) is 3.48. The van der Waals surface area contributed by atoms with Crippen LogP contribution in [-0.2, 0) is 0 Å². The van der Waals surface area contributed by atoms with Crippen LogP contribution in [0, 0.1) is 0 Å². The van der Waals surface area contributed by atoms with Crippen molar-refractivity contribution in [3.8, 4) is 0 Å². The molecule has 0 aromatic rings. The predicted molar refractivity (Wildman–Crippen MR) is 77.1 cm³/mol. The van der Waals surface area contributed by atoms with E-state index in [0.29, 0.717) is 24.2 Å². The van der Waals surface area contributed by atoms with Crippen molar-refractivity contribution in [2.45, 2.75) is 90.4 Å². The Labute approximate surface area is 108 Å². The van der Waals surface area contributed by atoms with Gasteiger partial charge in [0, 0.05) is 24.2 Å². The molecular weight excluding hydrogens is 210 g/mol. The molecule has 4 unspecified atom stereocenters. The molecule has 0 heterocycles. The highest BCUT2D eigenvalue weighted by Gasteiger charge is 2.11. The molecule has 3 heteroatoms. The molecule has 0 aromatic carbocycles. The number of nitrogens with two attached hydrogens (primary N) is 2. The van der Waals surface area contributed by atoms with E-state index in [2.05, 4.69) is 33.0 Å². The average molecular weight is 243 g/mol. The van der Waals surface area contributed by atoms with Crippen LogP contribution in [0.3, 0.4) is 0 Å². The zero-order chi connectivity index (χ0) is 13.3. The molecule has 0 radical (unpaired) electrons. The summed E-state index contributed by atoms with van der Waals surface area (Å²) in [5.41, 5.74) is 11.7. The first-order chi connectivity index (χ1) is 7.99. The van der Waals surface area contributed by atoms with Crippen molar-refractivity contribution in [3.63, 3.8) is 0 Å². The van der Waals surface area contributed by atoms with Crippen LogP contribution in [0.25, 0.3) is 0 Å². The standard InChI is InChI=1S/C14H33N3/c1-5-13(16)9-8-12(4)17-14(6-2)10-7-11(3)15/h11-14,17H,5-10,15-16H2,1-4H3. The fourth-order valence-corrected chi connectivity index (χ4v) is 2.02. The van der Waals surface area contributed by atoms with E-state index in [1.807, 2.05) is 0 Å². The summed E-state index contributed by atoms with van der Waals surface area (Å²) in [7, 11) is 0. The van der Waals surface area contributed by atoms with E-state index in [1.165, 1.54) is 19.3 Å². The van der Waals surface area contributed by atoms with Crippen molar-refractivity contribution in [3.05, 3.63) is 0 Å². The van der Waals surface area contributed by atoms with Crippen LogP contribution in [-0.4, -0.2) is 24.2 Å². The third kappa shape index (κ3) is 9.57. The van der Waals surface area contributed by atoms with Crippen molar-refractivity contribution in [1.82, 2.24) is 5.32 Å². The van der Waals surface area contributed by atoms with E-state index in [9.17, 15) is 0 Å². The smallest absolute Gasteiger partial charge is 0.00674 e. The molecule has 0 aliphatic carbocycles. The summed E-state index contributed by atoms with van der Waals surface area (Å²) in [4.78, 5) is 0. The Morgan fingerprint density at radius 3 is 2.00 bits per heavy atom. The minimum atomic E-state index is 0.315. The third-order valence-corrected chi connectivity index (χ3v) is 3.48. The summed E-state index contributed by atoms with van der Waals surface area (Å²) < 4.78 is 0. The van der Waals surface area contributed by atoms with Crippen LogP contribution in [0.5, 0.6) is 0 Å². The van der Waals surface area contributed by atoms with Gasteiger partial charge in [-0.15, -0.1) is 0 Å². The van der Waals surface area contributed by atoms with Gasteiger partial charge in [-0.05, 0) is 52.4 Å². The van der Waals surface area contributed by atoms with Gasteiger partial charge in [0.1, 0.15) is 0 Å². The monoisotopic (exact) mass is 243 g/mol. The van der Waals surface area contributed by atoms with Gasteiger partial charge in [-0.25, -0.2) is 0 Å². The molecule has 0 spiro atoms. The van der Waals surface area contributed by atoms with Crippen molar-refractivity contribution in [2.75, 3.05) is 0 Å². The highest BCUT2D eigenvalue weighted by Crippen LogP contribution is 2.08. The van der Waals surface area contributed by atoms with Crippen molar-refractivity contribution in [2.24, 2.45) is 11.5 Å². The van der Waals surface area contributed by atoms with Gasteiger partial charge in [0.2, 0.25) is 0 Å². The summed E-state index contributed by atoms with van der Waals surface area (Å²) in [6.45, 7) is 8.73. The molecule has 0 saturated carbocycles. The normalized spacial score (nSPS) is 18.7. The van der Waals surface area contributed by atoms with E-state index in [4.69, 9.17) is 11.5 Å². The second-order valence-corrected chi connectivity index (χ2v) is 5.47. The molecule has 0 fully saturated rings. The lowest BCUT2D eigenvalue weighted by Gasteiger charge is -2.23. The molecular formula is C14H33N3. The molecule has 0 rings (SSSR count). The zero-order valence-corrected chi connectivity index (χ0v) is 12.2. The van der Waals surface area contributed by atoms with Crippen molar-refractivity contribution < 1.29 is 0 Å². The van der Waals surface area contributed by atoms with Gasteiger partial charge in [0.05, 0.1) is 0 Å². The number of rotatable bonds is 10. The summed E-state index contributed by atoms with van der Waals surface area (Å²) in [5.74, 6) is 0. The molecule has 17 heavy (non-hydrogen) atoms. The fraction of sp³-hybridized carbons (Fsp3) is 1.00. The van der Waals surface area contributed by atoms with Gasteiger partial charge in [0.15, 0.2) is 0 Å². The maximum atomic E-state index is 5.94. The Kier molecular flexibility index (Phi) is 9.79. The quantitative estimate of drug-likeness (QED) is 0.552. The molecule has 104 valence electrons. The molecule has 0 bridgehead atoms. The summed E-state index contributed by atoms with van der Waals surface area (Å²) in [6.07, 6.45) is 6.83. The van der Waals surface area contributed by atoms with Crippen LogP contribution in [0.1, 0.15) is 66.2 Å². The van der Waals surface area contributed by atoms with Crippen LogP contribution in [0.2, 0.25) is 0 Å². The van der Waals surface area contributed by atoms with E-state index in [0.717, 1.165) is 19.3 Å². The molecule has 0 amide bonds. The summed E-state index contributed by atoms with van der Waals surface area (Å²) in [6, 6.07) is 1.84. The fourth-order valence-electron chi connectivity index (χ4n) is 2.02. The summed E-state index contributed by atoms with van der Waals surface area (Å²) in [5, 5.41) is 3.69. The number of nitrogens with one attached hydrogen (secondary N) is 1. The first kappa shape index (κ1) is 16.9. The van der Waals surface area contributed by atoms with Crippen molar-refractivity contribution >= 4 is 0 Å². The minimum absolute atomic E-state index is 0.315. The second-order valence-electron chi connectivity index (χ2n) is 5.47. The average Bonchev–Trinajstić information content (AvgIpc) is 2.30. The van der Waals surface area contributed by atoms with Gasteiger partial charge in [0.25, 0.3) is 0 Å². The van der Waals surface area contributed by atoms with E-state index in [-0.39, 0.29) is 0 Å². The lowest BCUT2D eigenvalue weighted by atomic mass is 10.0. The molecule has 0 saturated heterocycles. The molecule has 3 nitrogen and oxygen atoms in total. The molecule has 0 aliphatic rings. The predicted octanol–water partition coefficient (Wildman–Crippen LogP) is 2.39. The Bertz CT molecular complexity index is 171. The van der Waals surface area contributed by atoms with Gasteiger partial charge in [-0.3, -0.25) is 0 Å². The molecule has 5 N–H and O–H groups in total. The van der Waals surface area contributed by atoms with Crippen LogP contribution < -0.4 is 16.8 Å². The number of hydrogen-bond donors (Lipinski definition) is 3. The maximum absolute atomic E-state index is 5.94. The van der Waals surface area contributed by atoms with E-state index < -0.39 is 0 Å². The first-order valence-corrected chi connectivity index (χ1v) is 7.26. The molecule has 0 aliphatic heterocycles. The minimum Gasteiger partial charge on any atom is -0.328 e. The maximum Gasteiger partial charge on any atom is 0.00674 e. The Hall–Kier alpha value is -0.120. The highest BCUT2D eigenvalue weighted by molar-refractivity contribution is 4.73. The second kappa shape index (κ2) is 9.86. The lowest BCUT2D eigenvalue weighted by molar-refractivity contribution is 0.371. The topological polar surface area (TPSA) is 64.1 Å². The van der Waals surface area contributed by atoms with Gasteiger partial charge in [-0.1, -0.05) is 13.8 Å². The highest BCUT2D eigenvalue weighted by atomic mass is 14.9. The first-order valence-electron chi connectivity index (χ1n) is 7.26. The van der Waals surface area contributed by atoms with Crippen LogP contribution in [0.4, 0.5) is 0 Å². The zero-order valence-electron chi connectivity index (χ0n) is 12.2. The largest absolute Gasteiger partial charge is 0.328 e.